The molecule has 0 N–H and O–H groups in total. The van der Waals surface area contributed by atoms with E-state index in [0.717, 1.165) is 6.16 Å². The minimum Gasteiger partial charge on any atom is -0.344 e. The smallest absolute Gasteiger partial charge is 0.136 e. The fourth-order valence-corrected chi connectivity index (χ4v) is 1.04. The lowest BCUT2D eigenvalue weighted by Crippen LogP contribution is -1.82. The highest BCUT2D eigenvalue weighted by Gasteiger charge is 1.99. The van der Waals surface area contributed by atoms with Gasteiger partial charge in [-0.1, -0.05) is 6.92 Å². The molecular weight excluding hydrogens is 121 g/mol. The Morgan fingerprint density at radius 3 is 2.38 bits per heavy atom. The quantitative estimate of drug-likeness (QED) is 0.548. The molecule has 1 atom stereocenters. The van der Waals surface area contributed by atoms with Crippen molar-refractivity contribution in [2.24, 2.45) is 0 Å². The topological polar surface area (TPSA) is 33.0 Å². The summed E-state index contributed by atoms with van der Waals surface area (Å²) in [6.07, 6.45) is 0.847. The molecule has 0 aromatic heterocycles. The SMILES string of the molecule is CCOP(C#N)CC. The Hall–Kier alpha value is -0.120. The maximum Gasteiger partial charge on any atom is 0.136 e. The number of hydrogen-bond donors (Lipinski definition) is 0. The van der Waals surface area contributed by atoms with E-state index in [1.807, 2.05) is 13.8 Å². The van der Waals surface area contributed by atoms with Crippen molar-refractivity contribution >= 4 is 8.15 Å². The van der Waals surface area contributed by atoms with Gasteiger partial charge in [0, 0.05) is 12.8 Å². The zero-order chi connectivity index (χ0) is 6.41. The first kappa shape index (κ1) is 7.88. The van der Waals surface area contributed by atoms with E-state index in [-0.39, 0.29) is 0 Å². The summed E-state index contributed by atoms with van der Waals surface area (Å²) in [4.78, 5) is 0. The van der Waals surface area contributed by atoms with Gasteiger partial charge >= 0.3 is 0 Å². The van der Waals surface area contributed by atoms with Gasteiger partial charge in [0.15, 0.2) is 0 Å². The summed E-state index contributed by atoms with van der Waals surface area (Å²) < 4.78 is 5.04. The van der Waals surface area contributed by atoms with Gasteiger partial charge in [0.2, 0.25) is 0 Å². The molecule has 0 amide bonds. The van der Waals surface area contributed by atoms with Crippen molar-refractivity contribution in [1.29, 1.82) is 5.26 Å². The molecule has 3 heteroatoms. The van der Waals surface area contributed by atoms with Gasteiger partial charge in [0.05, 0.1) is 0 Å². The van der Waals surface area contributed by atoms with Crippen LogP contribution in [0.15, 0.2) is 0 Å². The monoisotopic (exact) mass is 131 g/mol. The van der Waals surface area contributed by atoms with E-state index in [0.29, 0.717) is 6.61 Å². The van der Waals surface area contributed by atoms with E-state index < -0.39 is 8.15 Å². The van der Waals surface area contributed by atoms with Crippen LogP contribution >= 0.6 is 8.15 Å². The zero-order valence-corrected chi connectivity index (χ0v) is 6.11. The van der Waals surface area contributed by atoms with Gasteiger partial charge in [-0.2, -0.15) is 5.26 Å². The molecule has 0 heterocycles. The van der Waals surface area contributed by atoms with Crippen molar-refractivity contribution in [1.82, 2.24) is 0 Å². The number of nitriles is 1. The third kappa shape index (κ3) is 2.96. The fraction of sp³-hybridized carbons (Fsp3) is 0.800. The van der Waals surface area contributed by atoms with Crippen LogP contribution in [0.4, 0.5) is 0 Å². The van der Waals surface area contributed by atoms with Gasteiger partial charge in [-0.3, -0.25) is 0 Å². The number of nitrogens with zero attached hydrogens (tertiary/aromatic N) is 1. The van der Waals surface area contributed by atoms with Crippen LogP contribution in [0.25, 0.3) is 0 Å². The lowest BCUT2D eigenvalue weighted by atomic mass is 10.9. The zero-order valence-electron chi connectivity index (χ0n) is 5.22. The Labute approximate surface area is 51.3 Å². The van der Waals surface area contributed by atoms with Crippen molar-refractivity contribution in [3.05, 3.63) is 0 Å². The molecule has 0 radical (unpaired) electrons. The van der Waals surface area contributed by atoms with Gasteiger partial charge in [0.25, 0.3) is 0 Å². The van der Waals surface area contributed by atoms with Crippen LogP contribution in [0.1, 0.15) is 13.8 Å². The Balaban J connectivity index is 3.26. The van der Waals surface area contributed by atoms with Crippen LogP contribution in [0.3, 0.4) is 0 Å². The summed E-state index contributed by atoms with van der Waals surface area (Å²) in [5.41, 5.74) is 0. The molecule has 0 fully saturated rings. The van der Waals surface area contributed by atoms with Gasteiger partial charge < -0.3 is 4.52 Å². The minimum absolute atomic E-state index is 0.660. The lowest BCUT2D eigenvalue weighted by Gasteiger charge is -2.01. The fourth-order valence-electron chi connectivity index (χ4n) is 0.347. The van der Waals surface area contributed by atoms with E-state index in [2.05, 4.69) is 5.81 Å². The van der Waals surface area contributed by atoms with Crippen LogP contribution in [-0.2, 0) is 4.52 Å². The standard InChI is InChI=1S/C5H10NOP/c1-3-7-8(4-2)5-6/h3-4H2,1-2H3. The first-order chi connectivity index (χ1) is 3.85. The highest BCUT2D eigenvalue weighted by atomic mass is 31.1. The average molecular weight is 131 g/mol. The molecule has 0 aromatic carbocycles. The van der Waals surface area contributed by atoms with E-state index in [9.17, 15) is 0 Å². The second-order valence-corrected chi connectivity index (χ2v) is 3.06. The Morgan fingerprint density at radius 1 is 1.62 bits per heavy atom. The average Bonchev–Trinajstić information content (AvgIpc) is 1.83. The highest BCUT2D eigenvalue weighted by Crippen LogP contribution is 2.33. The lowest BCUT2D eigenvalue weighted by molar-refractivity contribution is 0.383. The highest BCUT2D eigenvalue weighted by molar-refractivity contribution is 7.57. The molecule has 8 heavy (non-hydrogen) atoms. The van der Waals surface area contributed by atoms with Crippen LogP contribution in [0, 0.1) is 11.1 Å². The number of rotatable bonds is 3. The van der Waals surface area contributed by atoms with Gasteiger partial charge in [-0.15, -0.1) is 0 Å². The number of hydrogen-bond acceptors (Lipinski definition) is 2. The molecule has 0 rings (SSSR count). The Morgan fingerprint density at radius 2 is 2.25 bits per heavy atom. The molecule has 0 aliphatic rings. The van der Waals surface area contributed by atoms with Gasteiger partial charge in [-0.05, 0) is 6.92 Å². The predicted octanol–water partition coefficient (Wildman–Crippen LogP) is 1.92. The molecule has 0 spiro atoms. The largest absolute Gasteiger partial charge is 0.344 e. The van der Waals surface area contributed by atoms with E-state index in [1.54, 1.807) is 0 Å². The first-order valence-corrected chi connectivity index (χ1v) is 4.09. The van der Waals surface area contributed by atoms with Crippen molar-refractivity contribution in [3.63, 3.8) is 0 Å². The molecule has 0 saturated heterocycles. The maximum absolute atomic E-state index is 8.31. The van der Waals surface area contributed by atoms with Crippen LogP contribution in [-0.4, -0.2) is 12.8 Å². The molecule has 2 nitrogen and oxygen atoms in total. The second-order valence-electron chi connectivity index (χ2n) is 1.21. The summed E-state index contributed by atoms with van der Waals surface area (Å²) in [6.45, 7) is 4.53. The summed E-state index contributed by atoms with van der Waals surface area (Å²) in [5.74, 6) is 2.10. The maximum atomic E-state index is 8.31. The molecule has 46 valence electrons. The molecular formula is C5H10NOP. The molecule has 0 aliphatic carbocycles. The van der Waals surface area contributed by atoms with E-state index >= 15 is 0 Å². The van der Waals surface area contributed by atoms with E-state index in [4.69, 9.17) is 9.79 Å². The summed E-state index contributed by atoms with van der Waals surface area (Å²) in [5, 5.41) is 8.31. The first-order valence-electron chi connectivity index (χ1n) is 2.65. The van der Waals surface area contributed by atoms with Gasteiger partial charge in [0.1, 0.15) is 14.0 Å². The normalized spacial score (nSPS) is 12.6. The van der Waals surface area contributed by atoms with Crippen molar-refractivity contribution in [2.45, 2.75) is 13.8 Å². The van der Waals surface area contributed by atoms with Crippen LogP contribution in [0.2, 0.25) is 0 Å². The molecule has 0 bridgehead atoms. The van der Waals surface area contributed by atoms with Crippen molar-refractivity contribution in [3.8, 4) is 5.81 Å². The van der Waals surface area contributed by atoms with Gasteiger partial charge in [-0.25, -0.2) is 0 Å². The molecule has 1 unspecified atom stereocenters. The summed E-state index contributed by atoms with van der Waals surface area (Å²) in [6, 6.07) is 0. The third-order valence-electron chi connectivity index (χ3n) is 0.684. The van der Waals surface area contributed by atoms with E-state index in [1.165, 1.54) is 0 Å². The summed E-state index contributed by atoms with van der Waals surface area (Å²) >= 11 is 0. The minimum atomic E-state index is -0.751. The van der Waals surface area contributed by atoms with Crippen molar-refractivity contribution < 1.29 is 4.52 Å². The van der Waals surface area contributed by atoms with Crippen LogP contribution < -0.4 is 0 Å². The predicted molar refractivity (Wildman–Crippen MR) is 34.7 cm³/mol. The Kier molecular flexibility index (Phi) is 4.95. The van der Waals surface area contributed by atoms with Crippen molar-refractivity contribution in [2.75, 3.05) is 12.8 Å². The molecule has 0 aromatic rings. The van der Waals surface area contributed by atoms with Crippen LogP contribution in [0.5, 0.6) is 0 Å². The summed E-state index contributed by atoms with van der Waals surface area (Å²) in [7, 11) is -0.751. The third-order valence-corrected chi connectivity index (χ3v) is 2.05. The Bertz CT molecular complexity index is 88.9. The second kappa shape index (κ2) is 5.03. The molecule has 0 aliphatic heterocycles. The molecule has 0 saturated carbocycles.